The van der Waals surface area contributed by atoms with Crippen LogP contribution in [-0.2, 0) is 4.79 Å². The van der Waals surface area contributed by atoms with E-state index in [2.05, 4.69) is 33.0 Å². The fourth-order valence-electron chi connectivity index (χ4n) is 3.20. The Labute approximate surface area is 128 Å². The van der Waals surface area contributed by atoms with E-state index in [4.69, 9.17) is 4.74 Å². The van der Waals surface area contributed by atoms with Gasteiger partial charge in [0, 0.05) is 12.1 Å². The molecule has 1 aliphatic heterocycles. The molecule has 1 N–H and O–H groups in total. The molecule has 1 amide bonds. The van der Waals surface area contributed by atoms with Crippen LogP contribution in [0.5, 0.6) is 5.75 Å². The summed E-state index contributed by atoms with van der Waals surface area (Å²) in [6.45, 7) is 10.3. The molecule has 0 aliphatic carbocycles. The van der Waals surface area contributed by atoms with Gasteiger partial charge in [-0.15, -0.1) is 0 Å². The van der Waals surface area contributed by atoms with E-state index >= 15 is 0 Å². The Bertz CT molecular complexity index is 474. The topological polar surface area (TPSA) is 38.3 Å². The number of hydrogen-bond donors (Lipinski definition) is 1. The van der Waals surface area contributed by atoms with Gasteiger partial charge in [0.1, 0.15) is 5.75 Å². The summed E-state index contributed by atoms with van der Waals surface area (Å²) in [6.07, 6.45) is 0.761. The predicted molar refractivity (Wildman–Crippen MR) is 85.5 cm³/mol. The molecule has 21 heavy (non-hydrogen) atoms. The van der Waals surface area contributed by atoms with Crippen LogP contribution < -0.4 is 10.1 Å². The molecule has 0 bridgehead atoms. The summed E-state index contributed by atoms with van der Waals surface area (Å²) in [5.74, 6) is 2.59. The number of rotatable bonds is 5. The molecule has 3 heteroatoms. The van der Waals surface area contributed by atoms with Crippen molar-refractivity contribution in [1.29, 1.82) is 0 Å². The van der Waals surface area contributed by atoms with E-state index in [9.17, 15) is 4.79 Å². The van der Waals surface area contributed by atoms with Crippen molar-refractivity contribution < 1.29 is 9.53 Å². The standard InChI is InChI=1S/C18H27NO2/c1-12(2)16(13(3)4)11-19-18(20)15-9-10-21-17-8-6-5-7-14(15)17/h5-8,12-13,15-16H,9-11H2,1-4H3,(H,19,20). The molecule has 1 unspecified atom stereocenters. The lowest BCUT2D eigenvalue weighted by atomic mass is 9.85. The van der Waals surface area contributed by atoms with Crippen LogP contribution >= 0.6 is 0 Å². The van der Waals surface area contributed by atoms with Gasteiger partial charge >= 0.3 is 0 Å². The Balaban J connectivity index is 2.02. The highest BCUT2D eigenvalue weighted by molar-refractivity contribution is 5.84. The fourth-order valence-corrected chi connectivity index (χ4v) is 3.20. The zero-order chi connectivity index (χ0) is 15.4. The number of carbonyl (C=O) groups is 1. The van der Waals surface area contributed by atoms with E-state index in [1.165, 1.54) is 0 Å². The molecule has 1 heterocycles. The minimum atomic E-state index is -0.0741. The maximum atomic E-state index is 12.5. The van der Waals surface area contributed by atoms with Crippen molar-refractivity contribution in [3.63, 3.8) is 0 Å². The summed E-state index contributed by atoms with van der Waals surface area (Å²) < 4.78 is 5.63. The molecule has 0 radical (unpaired) electrons. The number of ether oxygens (including phenoxy) is 1. The average Bonchev–Trinajstić information content (AvgIpc) is 2.46. The van der Waals surface area contributed by atoms with Gasteiger partial charge in [-0.3, -0.25) is 4.79 Å². The molecular weight excluding hydrogens is 262 g/mol. The van der Waals surface area contributed by atoms with Crippen molar-refractivity contribution in [2.24, 2.45) is 17.8 Å². The van der Waals surface area contributed by atoms with Crippen LogP contribution in [0.1, 0.15) is 45.6 Å². The highest BCUT2D eigenvalue weighted by atomic mass is 16.5. The Morgan fingerprint density at radius 3 is 2.57 bits per heavy atom. The van der Waals surface area contributed by atoms with Crippen LogP contribution in [0.15, 0.2) is 24.3 Å². The van der Waals surface area contributed by atoms with Gasteiger partial charge in [0.15, 0.2) is 0 Å². The lowest BCUT2D eigenvalue weighted by molar-refractivity contribution is -0.123. The highest BCUT2D eigenvalue weighted by Gasteiger charge is 2.28. The molecule has 1 atom stereocenters. The van der Waals surface area contributed by atoms with Crippen LogP contribution in [0.4, 0.5) is 0 Å². The second-order valence-electron chi connectivity index (χ2n) is 6.62. The van der Waals surface area contributed by atoms with Crippen molar-refractivity contribution in [3.8, 4) is 5.75 Å². The maximum absolute atomic E-state index is 12.5. The lowest BCUT2D eigenvalue weighted by Crippen LogP contribution is -2.38. The third-order valence-corrected chi connectivity index (χ3v) is 4.50. The molecule has 1 aromatic carbocycles. The molecule has 3 nitrogen and oxygen atoms in total. The molecule has 0 fully saturated rings. The molecule has 0 saturated carbocycles. The highest BCUT2D eigenvalue weighted by Crippen LogP contribution is 2.33. The summed E-state index contributed by atoms with van der Waals surface area (Å²) in [5, 5.41) is 3.16. The third kappa shape index (κ3) is 3.78. The van der Waals surface area contributed by atoms with Crippen molar-refractivity contribution >= 4 is 5.91 Å². The van der Waals surface area contributed by atoms with Crippen LogP contribution in [0.3, 0.4) is 0 Å². The molecule has 1 aromatic rings. The van der Waals surface area contributed by atoms with Crippen molar-refractivity contribution in [2.75, 3.05) is 13.2 Å². The van der Waals surface area contributed by atoms with Crippen LogP contribution in [0, 0.1) is 17.8 Å². The molecular formula is C18H27NO2. The second-order valence-corrected chi connectivity index (χ2v) is 6.62. The average molecular weight is 289 g/mol. The SMILES string of the molecule is CC(C)C(CNC(=O)C1CCOc2ccccc21)C(C)C. The Morgan fingerprint density at radius 2 is 1.90 bits per heavy atom. The zero-order valence-corrected chi connectivity index (χ0v) is 13.6. The van der Waals surface area contributed by atoms with E-state index in [1.54, 1.807) is 0 Å². The number of fused-ring (bicyclic) bond motifs is 1. The lowest BCUT2D eigenvalue weighted by Gasteiger charge is -2.28. The van der Waals surface area contributed by atoms with Crippen molar-refractivity contribution in [1.82, 2.24) is 5.32 Å². The first-order valence-corrected chi connectivity index (χ1v) is 8.00. The van der Waals surface area contributed by atoms with Gasteiger partial charge in [0.2, 0.25) is 5.91 Å². The van der Waals surface area contributed by atoms with Crippen molar-refractivity contribution in [3.05, 3.63) is 29.8 Å². The van der Waals surface area contributed by atoms with Gasteiger partial charge in [-0.2, -0.15) is 0 Å². The number of amides is 1. The van der Waals surface area contributed by atoms with Crippen LogP contribution in [0.2, 0.25) is 0 Å². The van der Waals surface area contributed by atoms with Crippen LogP contribution in [-0.4, -0.2) is 19.1 Å². The third-order valence-electron chi connectivity index (χ3n) is 4.50. The van der Waals surface area contributed by atoms with Gasteiger partial charge < -0.3 is 10.1 Å². The first-order chi connectivity index (χ1) is 10.0. The van der Waals surface area contributed by atoms with Gasteiger partial charge in [-0.25, -0.2) is 0 Å². The molecule has 116 valence electrons. The zero-order valence-electron chi connectivity index (χ0n) is 13.6. The Morgan fingerprint density at radius 1 is 1.24 bits per heavy atom. The molecule has 1 aliphatic rings. The molecule has 0 saturated heterocycles. The number of benzene rings is 1. The number of hydrogen-bond acceptors (Lipinski definition) is 2. The normalized spacial score (nSPS) is 17.8. The molecule has 0 aromatic heterocycles. The molecule has 2 rings (SSSR count). The summed E-state index contributed by atoms with van der Waals surface area (Å²) >= 11 is 0. The second kappa shape index (κ2) is 6.97. The summed E-state index contributed by atoms with van der Waals surface area (Å²) in [4.78, 5) is 12.5. The van der Waals surface area contributed by atoms with Crippen LogP contribution in [0.25, 0.3) is 0 Å². The van der Waals surface area contributed by atoms with Crippen molar-refractivity contribution in [2.45, 2.75) is 40.0 Å². The quantitative estimate of drug-likeness (QED) is 0.899. The molecule has 0 spiro atoms. The number of para-hydroxylation sites is 1. The minimum Gasteiger partial charge on any atom is -0.493 e. The summed E-state index contributed by atoms with van der Waals surface area (Å²) in [7, 11) is 0. The van der Waals surface area contributed by atoms with E-state index in [-0.39, 0.29) is 11.8 Å². The minimum absolute atomic E-state index is 0.0741. The maximum Gasteiger partial charge on any atom is 0.227 e. The Kier molecular flexibility index (Phi) is 5.27. The summed E-state index contributed by atoms with van der Waals surface area (Å²) in [6, 6.07) is 7.87. The number of carbonyl (C=O) groups excluding carboxylic acids is 1. The monoisotopic (exact) mass is 289 g/mol. The summed E-state index contributed by atoms with van der Waals surface area (Å²) in [5.41, 5.74) is 1.02. The van der Waals surface area contributed by atoms with E-state index in [0.717, 1.165) is 24.3 Å². The van der Waals surface area contributed by atoms with E-state index < -0.39 is 0 Å². The predicted octanol–water partition coefficient (Wildman–Crippen LogP) is 3.60. The van der Waals surface area contributed by atoms with Gasteiger partial charge in [-0.05, 0) is 30.2 Å². The number of nitrogens with one attached hydrogen (secondary N) is 1. The van der Waals surface area contributed by atoms with Gasteiger partial charge in [-0.1, -0.05) is 45.9 Å². The van der Waals surface area contributed by atoms with Gasteiger partial charge in [0.05, 0.1) is 12.5 Å². The van der Waals surface area contributed by atoms with E-state index in [0.29, 0.717) is 24.4 Å². The van der Waals surface area contributed by atoms with E-state index in [1.807, 2.05) is 24.3 Å². The first-order valence-electron chi connectivity index (χ1n) is 8.00. The van der Waals surface area contributed by atoms with Gasteiger partial charge in [0.25, 0.3) is 0 Å². The Hall–Kier alpha value is -1.51. The smallest absolute Gasteiger partial charge is 0.227 e. The largest absolute Gasteiger partial charge is 0.493 e. The fraction of sp³-hybridized carbons (Fsp3) is 0.611. The first kappa shape index (κ1) is 15.9.